The van der Waals surface area contributed by atoms with Crippen molar-refractivity contribution >= 4 is 23.4 Å². The summed E-state index contributed by atoms with van der Waals surface area (Å²) in [5, 5.41) is 4.11. The standard InChI is InChI=1S/C23H21ClN2/c24-23-13-11-21(12-14-23)22(17-25-15-19-7-3-1-4-8-19)18-26-16-20-9-5-2-6-10-20/h1-14,17-18,25H,15-16H2/b22-17+,26-18?. The molecule has 3 heteroatoms. The maximum Gasteiger partial charge on any atom is 0.0639 e. The summed E-state index contributed by atoms with van der Waals surface area (Å²) in [7, 11) is 0. The van der Waals surface area contributed by atoms with Gasteiger partial charge in [-0.2, -0.15) is 0 Å². The SMILES string of the molecule is Clc1ccc(/C(C=NCc2ccccc2)=C/NCc2ccccc2)cc1. The predicted molar refractivity (Wildman–Crippen MR) is 111 cm³/mol. The Bertz CT molecular complexity index is 854. The van der Waals surface area contributed by atoms with E-state index in [1.54, 1.807) is 0 Å². The number of nitrogens with one attached hydrogen (secondary N) is 1. The molecule has 0 bridgehead atoms. The minimum absolute atomic E-state index is 0.657. The van der Waals surface area contributed by atoms with Crippen LogP contribution in [0.2, 0.25) is 5.02 Å². The number of aliphatic imine (C=N–C) groups is 1. The molecule has 0 unspecified atom stereocenters. The number of nitrogens with zero attached hydrogens (tertiary/aromatic N) is 1. The third kappa shape index (κ3) is 5.61. The van der Waals surface area contributed by atoms with Gasteiger partial charge in [-0.1, -0.05) is 84.4 Å². The van der Waals surface area contributed by atoms with Crippen LogP contribution in [0.1, 0.15) is 16.7 Å². The van der Waals surface area contributed by atoms with Gasteiger partial charge in [-0.25, -0.2) is 0 Å². The van der Waals surface area contributed by atoms with Gasteiger partial charge in [-0.3, -0.25) is 4.99 Å². The second-order valence-corrected chi connectivity index (χ2v) is 6.36. The van der Waals surface area contributed by atoms with E-state index in [0.29, 0.717) is 6.54 Å². The largest absolute Gasteiger partial charge is 0.386 e. The molecule has 26 heavy (non-hydrogen) atoms. The van der Waals surface area contributed by atoms with Crippen LogP contribution in [-0.2, 0) is 13.1 Å². The molecule has 0 aliphatic rings. The third-order valence-electron chi connectivity index (χ3n) is 3.93. The summed E-state index contributed by atoms with van der Waals surface area (Å²) < 4.78 is 0. The Morgan fingerprint density at radius 3 is 2.08 bits per heavy atom. The summed E-state index contributed by atoms with van der Waals surface area (Å²) in [5.41, 5.74) is 4.53. The summed E-state index contributed by atoms with van der Waals surface area (Å²) in [6.07, 6.45) is 3.92. The quantitative estimate of drug-likeness (QED) is 0.533. The molecule has 0 aliphatic heterocycles. The van der Waals surface area contributed by atoms with Gasteiger partial charge in [0, 0.05) is 29.6 Å². The number of benzene rings is 3. The van der Waals surface area contributed by atoms with Crippen molar-refractivity contribution in [1.82, 2.24) is 5.32 Å². The first-order chi connectivity index (χ1) is 12.8. The van der Waals surface area contributed by atoms with Crippen molar-refractivity contribution in [1.29, 1.82) is 0 Å². The highest BCUT2D eigenvalue weighted by atomic mass is 35.5. The molecule has 0 saturated heterocycles. The molecule has 0 aliphatic carbocycles. The number of rotatable bonds is 7. The van der Waals surface area contributed by atoms with Crippen LogP contribution in [0.25, 0.3) is 5.57 Å². The molecule has 0 saturated carbocycles. The van der Waals surface area contributed by atoms with E-state index in [-0.39, 0.29) is 0 Å². The summed E-state index contributed by atoms with van der Waals surface area (Å²) in [6.45, 7) is 1.43. The lowest BCUT2D eigenvalue weighted by Gasteiger charge is -2.06. The van der Waals surface area contributed by atoms with Gasteiger partial charge < -0.3 is 5.32 Å². The van der Waals surface area contributed by atoms with Crippen molar-refractivity contribution in [2.45, 2.75) is 13.1 Å². The third-order valence-corrected chi connectivity index (χ3v) is 4.18. The maximum absolute atomic E-state index is 6.02. The summed E-state index contributed by atoms with van der Waals surface area (Å²) in [5.74, 6) is 0. The zero-order chi connectivity index (χ0) is 18.0. The minimum Gasteiger partial charge on any atom is -0.386 e. The van der Waals surface area contributed by atoms with E-state index in [9.17, 15) is 0 Å². The van der Waals surface area contributed by atoms with E-state index in [4.69, 9.17) is 11.6 Å². The highest BCUT2D eigenvalue weighted by molar-refractivity contribution is 6.30. The van der Waals surface area contributed by atoms with Crippen molar-refractivity contribution in [3.8, 4) is 0 Å². The highest BCUT2D eigenvalue weighted by Gasteiger charge is 2.00. The molecule has 0 heterocycles. The van der Waals surface area contributed by atoms with Gasteiger partial charge in [-0.05, 0) is 28.8 Å². The lowest BCUT2D eigenvalue weighted by Crippen LogP contribution is -2.06. The van der Waals surface area contributed by atoms with Gasteiger partial charge in [0.2, 0.25) is 0 Å². The van der Waals surface area contributed by atoms with Crippen LogP contribution in [0.4, 0.5) is 0 Å². The molecule has 0 fully saturated rings. The van der Waals surface area contributed by atoms with Crippen molar-refractivity contribution < 1.29 is 0 Å². The fourth-order valence-electron chi connectivity index (χ4n) is 2.54. The Balaban J connectivity index is 1.72. The van der Waals surface area contributed by atoms with E-state index < -0.39 is 0 Å². The number of hydrogen-bond donors (Lipinski definition) is 1. The smallest absolute Gasteiger partial charge is 0.0639 e. The molecule has 3 rings (SSSR count). The molecule has 1 N–H and O–H groups in total. The molecular formula is C23H21ClN2. The van der Waals surface area contributed by atoms with E-state index >= 15 is 0 Å². The molecule has 0 amide bonds. The molecule has 3 aromatic rings. The van der Waals surface area contributed by atoms with Gasteiger partial charge >= 0.3 is 0 Å². The van der Waals surface area contributed by atoms with Crippen LogP contribution < -0.4 is 5.32 Å². The highest BCUT2D eigenvalue weighted by Crippen LogP contribution is 2.16. The molecule has 2 nitrogen and oxygen atoms in total. The lowest BCUT2D eigenvalue weighted by molar-refractivity contribution is 0.872. The number of hydrogen-bond acceptors (Lipinski definition) is 2. The van der Waals surface area contributed by atoms with Crippen molar-refractivity contribution in [2.75, 3.05) is 0 Å². The van der Waals surface area contributed by atoms with Crippen molar-refractivity contribution in [3.05, 3.63) is 113 Å². The van der Waals surface area contributed by atoms with Crippen LogP contribution in [0.3, 0.4) is 0 Å². The second-order valence-electron chi connectivity index (χ2n) is 5.93. The number of allylic oxidation sites excluding steroid dienone is 1. The topological polar surface area (TPSA) is 24.4 Å². The van der Waals surface area contributed by atoms with Crippen molar-refractivity contribution in [3.63, 3.8) is 0 Å². The Hall–Kier alpha value is -2.84. The van der Waals surface area contributed by atoms with Crippen LogP contribution in [0.15, 0.2) is 96.1 Å². The summed E-state index contributed by atoms with van der Waals surface area (Å²) >= 11 is 6.02. The Morgan fingerprint density at radius 2 is 1.42 bits per heavy atom. The predicted octanol–water partition coefficient (Wildman–Crippen LogP) is 5.74. The monoisotopic (exact) mass is 360 g/mol. The van der Waals surface area contributed by atoms with Gasteiger partial charge in [0.1, 0.15) is 0 Å². The Kier molecular flexibility index (Phi) is 6.63. The first-order valence-corrected chi connectivity index (χ1v) is 8.96. The van der Waals surface area contributed by atoms with E-state index in [0.717, 1.165) is 22.7 Å². The molecule has 0 radical (unpaired) electrons. The first-order valence-electron chi connectivity index (χ1n) is 8.58. The van der Waals surface area contributed by atoms with Gasteiger partial charge in [0.25, 0.3) is 0 Å². The normalized spacial score (nSPS) is 11.7. The average molecular weight is 361 g/mol. The summed E-state index contributed by atoms with van der Waals surface area (Å²) in [6, 6.07) is 28.4. The van der Waals surface area contributed by atoms with Crippen molar-refractivity contribution in [2.24, 2.45) is 4.99 Å². The first kappa shape index (κ1) is 18.0. The Labute approximate surface area is 159 Å². The molecule has 0 spiro atoms. The second kappa shape index (κ2) is 9.59. The van der Waals surface area contributed by atoms with Crippen LogP contribution in [0, 0.1) is 0 Å². The van der Waals surface area contributed by atoms with Gasteiger partial charge in [-0.15, -0.1) is 0 Å². The molecule has 0 atom stereocenters. The van der Waals surface area contributed by atoms with Gasteiger partial charge in [0.05, 0.1) is 6.54 Å². The number of halogens is 1. The molecular weight excluding hydrogens is 340 g/mol. The van der Waals surface area contributed by atoms with E-state index in [1.165, 1.54) is 11.1 Å². The summed E-state index contributed by atoms with van der Waals surface area (Å²) in [4.78, 5) is 4.60. The minimum atomic E-state index is 0.657. The maximum atomic E-state index is 6.02. The van der Waals surface area contributed by atoms with Crippen LogP contribution in [-0.4, -0.2) is 6.21 Å². The fraction of sp³-hybridized carbons (Fsp3) is 0.0870. The zero-order valence-electron chi connectivity index (χ0n) is 14.5. The molecule has 0 aromatic heterocycles. The van der Waals surface area contributed by atoms with Gasteiger partial charge in [0.15, 0.2) is 0 Å². The van der Waals surface area contributed by atoms with Crippen LogP contribution >= 0.6 is 11.6 Å². The average Bonchev–Trinajstić information content (AvgIpc) is 2.69. The van der Waals surface area contributed by atoms with E-state index in [2.05, 4.69) is 34.6 Å². The van der Waals surface area contributed by atoms with Crippen LogP contribution in [0.5, 0.6) is 0 Å². The zero-order valence-corrected chi connectivity index (χ0v) is 15.2. The molecule has 130 valence electrons. The lowest BCUT2D eigenvalue weighted by atomic mass is 10.1. The van der Waals surface area contributed by atoms with E-state index in [1.807, 2.05) is 73.1 Å². The Morgan fingerprint density at radius 1 is 0.808 bits per heavy atom. The molecule has 3 aromatic carbocycles. The fourth-order valence-corrected chi connectivity index (χ4v) is 2.67.